The molecule has 0 heterocycles. The van der Waals surface area contributed by atoms with Crippen molar-refractivity contribution >= 4 is 17.5 Å². The van der Waals surface area contributed by atoms with Gasteiger partial charge in [-0.3, -0.25) is 9.59 Å². The first kappa shape index (κ1) is 21.6. The SMILES string of the molecule is COc1ccc(C(=O)Nc2cccc(CN(CCCN)C(=O)C3CC3)c2)cc1OC. The third-order valence-corrected chi connectivity index (χ3v) is 5.07. The molecule has 7 nitrogen and oxygen atoms in total. The van der Waals surface area contributed by atoms with Crippen molar-refractivity contribution in [1.82, 2.24) is 4.90 Å². The highest BCUT2D eigenvalue weighted by Gasteiger charge is 2.33. The van der Waals surface area contributed by atoms with Crippen LogP contribution < -0.4 is 20.5 Å². The summed E-state index contributed by atoms with van der Waals surface area (Å²) in [5.41, 5.74) is 7.73. The quantitative estimate of drug-likeness (QED) is 0.627. The van der Waals surface area contributed by atoms with Crippen LogP contribution in [0, 0.1) is 5.92 Å². The number of ether oxygens (including phenoxy) is 2. The molecule has 0 spiro atoms. The molecule has 1 saturated carbocycles. The normalized spacial score (nSPS) is 12.9. The maximum atomic E-state index is 12.7. The summed E-state index contributed by atoms with van der Waals surface area (Å²) in [5.74, 6) is 1.17. The van der Waals surface area contributed by atoms with Crippen LogP contribution in [0.5, 0.6) is 11.5 Å². The van der Waals surface area contributed by atoms with E-state index in [0.717, 1.165) is 24.8 Å². The molecule has 2 aromatic rings. The van der Waals surface area contributed by atoms with Gasteiger partial charge in [0.1, 0.15) is 0 Å². The van der Waals surface area contributed by atoms with Gasteiger partial charge in [0.15, 0.2) is 11.5 Å². The van der Waals surface area contributed by atoms with Crippen LogP contribution in [0.1, 0.15) is 35.2 Å². The van der Waals surface area contributed by atoms with Gasteiger partial charge in [-0.25, -0.2) is 0 Å². The minimum atomic E-state index is -0.248. The first-order chi connectivity index (χ1) is 14.5. The number of anilines is 1. The molecular weight excluding hydrogens is 382 g/mol. The molecule has 7 heteroatoms. The van der Waals surface area contributed by atoms with Crippen molar-refractivity contribution in [3.8, 4) is 11.5 Å². The van der Waals surface area contributed by atoms with E-state index in [-0.39, 0.29) is 17.7 Å². The standard InChI is InChI=1S/C23H29N3O4/c1-29-20-10-9-18(14-21(20)30-2)22(27)25-19-6-3-5-16(13-19)15-26(12-4-11-24)23(28)17-7-8-17/h3,5-6,9-10,13-14,17H,4,7-8,11-12,15,24H2,1-2H3,(H,25,27). The minimum Gasteiger partial charge on any atom is -0.493 e. The number of rotatable bonds is 10. The van der Waals surface area contributed by atoms with Crippen LogP contribution in [0.2, 0.25) is 0 Å². The topological polar surface area (TPSA) is 93.9 Å². The lowest BCUT2D eigenvalue weighted by molar-refractivity contribution is -0.133. The first-order valence-electron chi connectivity index (χ1n) is 10.2. The van der Waals surface area contributed by atoms with Crippen LogP contribution >= 0.6 is 0 Å². The van der Waals surface area contributed by atoms with Gasteiger partial charge in [-0.05, 0) is 61.7 Å². The number of benzene rings is 2. The fraction of sp³-hybridized carbons (Fsp3) is 0.391. The number of carbonyl (C=O) groups excluding carboxylic acids is 2. The Hall–Kier alpha value is -3.06. The summed E-state index contributed by atoms with van der Waals surface area (Å²) in [7, 11) is 3.08. The maximum absolute atomic E-state index is 12.7. The van der Waals surface area contributed by atoms with Crippen molar-refractivity contribution in [2.75, 3.05) is 32.6 Å². The van der Waals surface area contributed by atoms with Gasteiger partial charge in [-0.2, -0.15) is 0 Å². The van der Waals surface area contributed by atoms with Gasteiger partial charge in [0.05, 0.1) is 14.2 Å². The van der Waals surface area contributed by atoms with E-state index in [9.17, 15) is 9.59 Å². The Morgan fingerprint density at radius 3 is 2.53 bits per heavy atom. The smallest absolute Gasteiger partial charge is 0.255 e. The highest BCUT2D eigenvalue weighted by Crippen LogP contribution is 2.32. The highest BCUT2D eigenvalue weighted by molar-refractivity contribution is 6.04. The lowest BCUT2D eigenvalue weighted by Crippen LogP contribution is -2.33. The summed E-state index contributed by atoms with van der Waals surface area (Å²) in [6.07, 6.45) is 2.72. The third kappa shape index (κ3) is 5.51. The van der Waals surface area contributed by atoms with Gasteiger partial charge in [0, 0.05) is 30.3 Å². The molecule has 1 fully saturated rings. The number of nitrogens with zero attached hydrogens (tertiary/aromatic N) is 1. The van der Waals surface area contributed by atoms with Crippen molar-refractivity contribution in [3.05, 3.63) is 53.6 Å². The zero-order valence-electron chi connectivity index (χ0n) is 17.5. The molecule has 160 valence electrons. The Morgan fingerprint density at radius 1 is 1.10 bits per heavy atom. The fourth-order valence-electron chi connectivity index (χ4n) is 3.29. The monoisotopic (exact) mass is 411 g/mol. The van der Waals surface area contributed by atoms with E-state index in [1.165, 1.54) is 7.11 Å². The molecule has 0 aliphatic heterocycles. The molecule has 0 aromatic heterocycles. The number of carbonyl (C=O) groups is 2. The van der Waals surface area contributed by atoms with Crippen LogP contribution in [-0.2, 0) is 11.3 Å². The minimum absolute atomic E-state index is 0.163. The average Bonchev–Trinajstić information content (AvgIpc) is 3.61. The van der Waals surface area contributed by atoms with E-state index in [1.807, 2.05) is 29.2 Å². The molecule has 0 bridgehead atoms. The van der Waals surface area contributed by atoms with Crippen LogP contribution in [0.25, 0.3) is 0 Å². The maximum Gasteiger partial charge on any atom is 0.255 e. The number of nitrogens with one attached hydrogen (secondary N) is 1. The molecule has 1 aliphatic carbocycles. The number of nitrogens with two attached hydrogens (primary N) is 1. The van der Waals surface area contributed by atoms with Crippen molar-refractivity contribution in [2.45, 2.75) is 25.8 Å². The van der Waals surface area contributed by atoms with Gasteiger partial charge >= 0.3 is 0 Å². The van der Waals surface area contributed by atoms with E-state index in [0.29, 0.717) is 42.4 Å². The molecule has 2 aromatic carbocycles. The molecule has 1 aliphatic rings. The average molecular weight is 412 g/mol. The van der Waals surface area contributed by atoms with Gasteiger partial charge < -0.3 is 25.4 Å². The van der Waals surface area contributed by atoms with E-state index in [1.54, 1.807) is 25.3 Å². The second-order valence-corrected chi connectivity index (χ2v) is 7.40. The van der Waals surface area contributed by atoms with Gasteiger partial charge in [-0.1, -0.05) is 12.1 Å². The van der Waals surface area contributed by atoms with E-state index < -0.39 is 0 Å². The molecule has 0 unspecified atom stereocenters. The van der Waals surface area contributed by atoms with Crippen molar-refractivity contribution in [2.24, 2.45) is 11.7 Å². The predicted octanol–water partition coefficient (Wildman–Crippen LogP) is 3.04. The van der Waals surface area contributed by atoms with Gasteiger partial charge in [0.2, 0.25) is 5.91 Å². The van der Waals surface area contributed by atoms with Crippen LogP contribution in [0.3, 0.4) is 0 Å². The Bertz CT molecular complexity index is 896. The molecule has 2 amide bonds. The summed E-state index contributed by atoms with van der Waals surface area (Å²) in [6.45, 7) is 1.71. The summed E-state index contributed by atoms with van der Waals surface area (Å²) < 4.78 is 10.5. The van der Waals surface area contributed by atoms with E-state index in [4.69, 9.17) is 15.2 Å². The van der Waals surface area contributed by atoms with Crippen molar-refractivity contribution in [1.29, 1.82) is 0 Å². The number of methoxy groups -OCH3 is 2. The predicted molar refractivity (Wildman–Crippen MR) is 116 cm³/mol. The van der Waals surface area contributed by atoms with E-state index in [2.05, 4.69) is 5.32 Å². The second kappa shape index (κ2) is 10.1. The van der Waals surface area contributed by atoms with Crippen LogP contribution in [0.15, 0.2) is 42.5 Å². The lowest BCUT2D eigenvalue weighted by Gasteiger charge is -2.23. The lowest BCUT2D eigenvalue weighted by atomic mass is 10.1. The fourth-order valence-corrected chi connectivity index (χ4v) is 3.29. The van der Waals surface area contributed by atoms with Crippen LogP contribution in [0.4, 0.5) is 5.69 Å². The summed E-state index contributed by atoms with van der Waals surface area (Å²) in [6, 6.07) is 12.6. The molecule has 3 N–H and O–H groups in total. The van der Waals surface area contributed by atoms with Gasteiger partial charge in [0.25, 0.3) is 5.91 Å². The third-order valence-electron chi connectivity index (χ3n) is 5.07. The number of hydrogen-bond acceptors (Lipinski definition) is 5. The molecule has 0 atom stereocenters. The second-order valence-electron chi connectivity index (χ2n) is 7.40. The highest BCUT2D eigenvalue weighted by atomic mass is 16.5. The molecule has 0 saturated heterocycles. The zero-order chi connectivity index (χ0) is 21.5. The summed E-state index contributed by atoms with van der Waals surface area (Å²) >= 11 is 0. The largest absolute Gasteiger partial charge is 0.493 e. The molecule has 0 radical (unpaired) electrons. The van der Waals surface area contributed by atoms with Gasteiger partial charge in [-0.15, -0.1) is 0 Å². The summed E-state index contributed by atoms with van der Waals surface area (Å²) in [4.78, 5) is 27.1. The van der Waals surface area contributed by atoms with Crippen LogP contribution in [-0.4, -0.2) is 44.0 Å². The van der Waals surface area contributed by atoms with Crippen molar-refractivity contribution in [3.63, 3.8) is 0 Å². The first-order valence-corrected chi connectivity index (χ1v) is 10.2. The number of hydrogen-bond donors (Lipinski definition) is 2. The van der Waals surface area contributed by atoms with E-state index >= 15 is 0 Å². The molecule has 3 rings (SSSR count). The number of amides is 2. The summed E-state index contributed by atoms with van der Waals surface area (Å²) in [5, 5.41) is 2.91. The Balaban J connectivity index is 1.70. The molecule has 30 heavy (non-hydrogen) atoms. The molecular formula is C23H29N3O4. The Labute approximate surface area is 177 Å². The Morgan fingerprint density at radius 2 is 1.87 bits per heavy atom. The Kier molecular flexibility index (Phi) is 7.30. The van der Waals surface area contributed by atoms with Crippen molar-refractivity contribution < 1.29 is 19.1 Å². The zero-order valence-corrected chi connectivity index (χ0v) is 17.5.